The molecule has 1 amide bonds. The smallest absolute Gasteiger partial charge is 0.272 e. The van der Waals surface area contributed by atoms with Gasteiger partial charge in [-0.3, -0.25) is 9.78 Å². The molecule has 1 aromatic rings. The van der Waals surface area contributed by atoms with Crippen LogP contribution in [0, 0.1) is 11.8 Å². The number of hydrogen-bond donors (Lipinski definition) is 1. The molecule has 0 saturated carbocycles. The van der Waals surface area contributed by atoms with Crippen molar-refractivity contribution in [3.8, 4) is 0 Å². The monoisotopic (exact) mass is 261 g/mol. The number of nitrogens with zero attached hydrogens (tertiary/aromatic N) is 2. The molecular weight excluding hydrogens is 238 g/mol. The number of pyridine rings is 1. The highest BCUT2D eigenvalue weighted by molar-refractivity contribution is 5.93. The Labute approximate surface area is 115 Å². The van der Waals surface area contributed by atoms with Crippen molar-refractivity contribution in [2.75, 3.05) is 18.8 Å². The molecule has 2 N–H and O–H groups in total. The molecule has 0 bridgehead atoms. The van der Waals surface area contributed by atoms with Gasteiger partial charge in [0.15, 0.2) is 0 Å². The van der Waals surface area contributed by atoms with E-state index in [0.29, 0.717) is 17.3 Å². The number of nitrogens with two attached hydrogens (primary N) is 1. The number of amides is 1. The van der Waals surface area contributed by atoms with E-state index in [1.807, 2.05) is 4.90 Å². The fourth-order valence-electron chi connectivity index (χ4n) is 2.72. The SMILES string of the molecule is CC(C)C1CCCN(C(=O)c2cc(N)ccn2)CC1. The maximum absolute atomic E-state index is 12.4. The van der Waals surface area contributed by atoms with Gasteiger partial charge in [0.05, 0.1) is 0 Å². The Kier molecular flexibility index (Phi) is 4.40. The summed E-state index contributed by atoms with van der Waals surface area (Å²) in [5.41, 5.74) is 6.76. The van der Waals surface area contributed by atoms with Crippen molar-refractivity contribution in [3.05, 3.63) is 24.0 Å². The van der Waals surface area contributed by atoms with Crippen LogP contribution in [0.4, 0.5) is 5.69 Å². The molecule has 0 radical (unpaired) electrons. The Morgan fingerprint density at radius 1 is 1.42 bits per heavy atom. The summed E-state index contributed by atoms with van der Waals surface area (Å²) in [6, 6.07) is 3.36. The van der Waals surface area contributed by atoms with Gasteiger partial charge in [-0.2, -0.15) is 0 Å². The number of hydrogen-bond acceptors (Lipinski definition) is 3. The summed E-state index contributed by atoms with van der Waals surface area (Å²) in [6.45, 7) is 6.19. The molecule has 2 heterocycles. The molecule has 19 heavy (non-hydrogen) atoms. The first-order valence-electron chi connectivity index (χ1n) is 7.08. The van der Waals surface area contributed by atoms with Gasteiger partial charge < -0.3 is 10.6 Å². The van der Waals surface area contributed by atoms with Crippen molar-refractivity contribution in [3.63, 3.8) is 0 Å². The first-order valence-corrected chi connectivity index (χ1v) is 7.08. The summed E-state index contributed by atoms with van der Waals surface area (Å²) in [5.74, 6) is 1.43. The number of nitrogen functional groups attached to an aromatic ring is 1. The number of anilines is 1. The third kappa shape index (κ3) is 3.46. The molecule has 0 spiro atoms. The Morgan fingerprint density at radius 3 is 2.89 bits per heavy atom. The summed E-state index contributed by atoms with van der Waals surface area (Å²) in [4.78, 5) is 18.4. The molecule has 1 saturated heterocycles. The lowest BCUT2D eigenvalue weighted by molar-refractivity contribution is 0.0753. The van der Waals surface area contributed by atoms with Gasteiger partial charge in [0.1, 0.15) is 5.69 Å². The van der Waals surface area contributed by atoms with Crippen LogP contribution in [0.2, 0.25) is 0 Å². The van der Waals surface area contributed by atoms with Crippen LogP contribution >= 0.6 is 0 Å². The van der Waals surface area contributed by atoms with E-state index < -0.39 is 0 Å². The van der Waals surface area contributed by atoms with E-state index in [2.05, 4.69) is 18.8 Å². The molecule has 1 unspecified atom stereocenters. The predicted octanol–water partition coefficient (Wildman–Crippen LogP) is 2.56. The third-order valence-corrected chi connectivity index (χ3v) is 4.01. The Hall–Kier alpha value is -1.58. The molecule has 1 atom stereocenters. The molecular formula is C15H23N3O. The lowest BCUT2D eigenvalue weighted by Gasteiger charge is -2.21. The molecule has 4 heteroatoms. The zero-order valence-electron chi connectivity index (χ0n) is 11.8. The minimum absolute atomic E-state index is 0.0108. The number of carbonyl (C=O) groups excluding carboxylic acids is 1. The average Bonchev–Trinajstić information content (AvgIpc) is 2.63. The molecule has 1 aromatic heterocycles. The van der Waals surface area contributed by atoms with E-state index in [1.54, 1.807) is 18.3 Å². The highest BCUT2D eigenvalue weighted by Crippen LogP contribution is 2.25. The van der Waals surface area contributed by atoms with E-state index in [1.165, 1.54) is 6.42 Å². The van der Waals surface area contributed by atoms with Gasteiger partial charge in [-0.1, -0.05) is 13.8 Å². The predicted molar refractivity (Wildman–Crippen MR) is 76.7 cm³/mol. The van der Waals surface area contributed by atoms with Gasteiger partial charge >= 0.3 is 0 Å². The normalized spacial score (nSPS) is 20.4. The van der Waals surface area contributed by atoms with Gasteiger partial charge in [0.2, 0.25) is 0 Å². The van der Waals surface area contributed by atoms with E-state index in [-0.39, 0.29) is 5.91 Å². The second kappa shape index (κ2) is 6.04. The molecule has 2 rings (SSSR count). The van der Waals surface area contributed by atoms with Crippen molar-refractivity contribution in [1.82, 2.24) is 9.88 Å². The van der Waals surface area contributed by atoms with Gasteiger partial charge in [-0.25, -0.2) is 0 Å². The first kappa shape index (κ1) is 13.8. The van der Waals surface area contributed by atoms with Gasteiger partial charge in [-0.05, 0) is 43.2 Å². The maximum atomic E-state index is 12.4. The van der Waals surface area contributed by atoms with Crippen LogP contribution in [-0.4, -0.2) is 28.9 Å². The van der Waals surface area contributed by atoms with Crippen molar-refractivity contribution in [2.24, 2.45) is 11.8 Å². The second-order valence-electron chi connectivity index (χ2n) is 5.70. The van der Waals surface area contributed by atoms with Crippen molar-refractivity contribution < 1.29 is 4.79 Å². The maximum Gasteiger partial charge on any atom is 0.272 e. The highest BCUT2D eigenvalue weighted by Gasteiger charge is 2.23. The Balaban J connectivity index is 2.04. The largest absolute Gasteiger partial charge is 0.399 e. The molecule has 1 aliphatic heterocycles. The van der Waals surface area contributed by atoms with Gasteiger partial charge in [0.25, 0.3) is 5.91 Å². The highest BCUT2D eigenvalue weighted by atomic mass is 16.2. The summed E-state index contributed by atoms with van der Waals surface area (Å²) in [5, 5.41) is 0. The minimum atomic E-state index is 0.0108. The third-order valence-electron chi connectivity index (χ3n) is 4.01. The van der Waals surface area contributed by atoms with Crippen LogP contribution in [0.3, 0.4) is 0 Å². The molecule has 104 valence electrons. The number of carbonyl (C=O) groups is 1. The quantitative estimate of drug-likeness (QED) is 0.890. The number of aromatic nitrogens is 1. The fraction of sp³-hybridized carbons (Fsp3) is 0.600. The van der Waals surface area contributed by atoms with Crippen LogP contribution in [0.1, 0.15) is 43.6 Å². The van der Waals surface area contributed by atoms with Crippen molar-refractivity contribution in [1.29, 1.82) is 0 Å². The Morgan fingerprint density at radius 2 is 2.21 bits per heavy atom. The number of likely N-dealkylation sites (tertiary alicyclic amines) is 1. The van der Waals surface area contributed by atoms with E-state index >= 15 is 0 Å². The standard InChI is InChI=1S/C15H23N3O/c1-11(2)12-4-3-8-18(9-6-12)15(19)14-10-13(16)5-7-17-14/h5,7,10-12H,3-4,6,8-9H2,1-2H3,(H2,16,17). The summed E-state index contributed by atoms with van der Waals surface area (Å²) in [6.07, 6.45) is 4.98. The van der Waals surface area contributed by atoms with Crippen LogP contribution in [0.5, 0.6) is 0 Å². The molecule has 0 aromatic carbocycles. The van der Waals surface area contributed by atoms with Crippen molar-refractivity contribution >= 4 is 11.6 Å². The van der Waals surface area contributed by atoms with Crippen molar-refractivity contribution in [2.45, 2.75) is 33.1 Å². The van der Waals surface area contributed by atoms with Gasteiger partial charge in [0, 0.05) is 25.0 Å². The van der Waals surface area contributed by atoms with E-state index in [9.17, 15) is 4.79 Å². The molecule has 0 aliphatic carbocycles. The Bertz CT molecular complexity index is 445. The summed E-state index contributed by atoms with van der Waals surface area (Å²) < 4.78 is 0. The average molecular weight is 261 g/mol. The molecule has 1 aliphatic rings. The minimum Gasteiger partial charge on any atom is -0.399 e. The second-order valence-corrected chi connectivity index (χ2v) is 5.70. The lowest BCUT2D eigenvalue weighted by atomic mass is 9.89. The first-order chi connectivity index (χ1) is 9.08. The van der Waals surface area contributed by atoms with Gasteiger partial charge in [-0.15, -0.1) is 0 Å². The van der Waals surface area contributed by atoms with Crippen LogP contribution in [-0.2, 0) is 0 Å². The van der Waals surface area contributed by atoms with E-state index in [0.717, 1.165) is 31.8 Å². The molecule has 4 nitrogen and oxygen atoms in total. The molecule has 1 fully saturated rings. The zero-order valence-corrected chi connectivity index (χ0v) is 11.8. The number of rotatable bonds is 2. The lowest BCUT2D eigenvalue weighted by Crippen LogP contribution is -2.32. The van der Waals surface area contributed by atoms with Crippen LogP contribution in [0.15, 0.2) is 18.3 Å². The zero-order chi connectivity index (χ0) is 13.8. The van der Waals surface area contributed by atoms with E-state index in [4.69, 9.17) is 5.73 Å². The van der Waals surface area contributed by atoms with Crippen LogP contribution in [0.25, 0.3) is 0 Å². The topological polar surface area (TPSA) is 59.2 Å². The fourth-order valence-corrected chi connectivity index (χ4v) is 2.72. The summed E-state index contributed by atoms with van der Waals surface area (Å²) in [7, 11) is 0. The summed E-state index contributed by atoms with van der Waals surface area (Å²) >= 11 is 0. The van der Waals surface area contributed by atoms with Crippen LogP contribution < -0.4 is 5.73 Å².